The predicted octanol–water partition coefficient (Wildman–Crippen LogP) is 5.77. The van der Waals surface area contributed by atoms with Gasteiger partial charge in [-0.15, -0.1) is 10.2 Å². The highest BCUT2D eigenvalue weighted by molar-refractivity contribution is 7.15. The SMILES string of the molecule is CCCCC(CC)c1nnc(NC(=O)c2ccc(C(C)(C)C)cc2)s1. The molecule has 0 bridgehead atoms. The summed E-state index contributed by atoms with van der Waals surface area (Å²) >= 11 is 1.49. The quantitative estimate of drug-likeness (QED) is 0.682. The Labute approximate surface area is 155 Å². The monoisotopic (exact) mass is 359 g/mol. The molecule has 2 rings (SSSR count). The first-order valence-electron chi connectivity index (χ1n) is 9.10. The van der Waals surface area contributed by atoms with Gasteiger partial charge in [0.2, 0.25) is 5.13 Å². The summed E-state index contributed by atoms with van der Waals surface area (Å²) in [7, 11) is 0. The zero-order chi connectivity index (χ0) is 18.4. The Hall–Kier alpha value is -1.75. The summed E-state index contributed by atoms with van der Waals surface area (Å²) in [5.41, 5.74) is 1.93. The molecule has 0 aliphatic heterocycles. The summed E-state index contributed by atoms with van der Waals surface area (Å²) < 4.78 is 0. The molecule has 0 saturated heterocycles. The molecule has 1 amide bonds. The van der Waals surface area contributed by atoms with Crippen molar-refractivity contribution in [2.24, 2.45) is 0 Å². The molecule has 1 atom stereocenters. The van der Waals surface area contributed by atoms with Crippen molar-refractivity contribution in [1.29, 1.82) is 0 Å². The lowest BCUT2D eigenvalue weighted by atomic mass is 9.87. The minimum absolute atomic E-state index is 0.0801. The number of carbonyl (C=O) groups is 1. The molecule has 0 fully saturated rings. The zero-order valence-corrected chi connectivity index (χ0v) is 16.7. The summed E-state index contributed by atoms with van der Waals surface area (Å²) in [6.45, 7) is 10.9. The van der Waals surface area contributed by atoms with Gasteiger partial charge in [0, 0.05) is 11.5 Å². The number of hydrogen-bond acceptors (Lipinski definition) is 4. The number of amides is 1. The molecule has 5 heteroatoms. The molecule has 1 heterocycles. The molecule has 1 N–H and O–H groups in total. The van der Waals surface area contributed by atoms with Gasteiger partial charge in [0.15, 0.2) is 0 Å². The van der Waals surface area contributed by atoms with E-state index in [0.29, 0.717) is 16.6 Å². The highest BCUT2D eigenvalue weighted by Crippen LogP contribution is 2.30. The number of nitrogens with one attached hydrogen (secondary N) is 1. The Balaban J connectivity index is 2.03. The van der Waals surface area contributed by atoms with Crippen LogP contribution >= 0.6 is 11.3 Å². The summed E-state index contributed by atoms with van der Waals surface area (Å²) in [6, 6.07) is 7.76. The average Bonchev–Trinajstić information content (AvgIpc) is 3.03. The van der Waals surface area contributed by atoms with Crippen LogP contribution in [0.2, 0.25) is 0 Å². The van der Waals surface area contributed by atoms with Crippen LogP contribution in [-0.4, -0.2) is 16.1 Å². The number of unbranched alkanes of at least 4 members (excludes halogenated alkanes) is 1. The molecule has 4 nitrogen and oxygen atoms in total. The van der Waals surface area contributed by atoms with Gasteiger partial charge in [-0.25, -0.2) is 0 Å². The van der Waals surface area contributed by atoms with Crippen molar-refractivity contribution in [2.75, 3.05) is 5.32 Å². The number of nitrogens with zero attached hydrogens (tertiary/aromatic N) is 2. The average molecular weight is 360 g/mol. The first-order valence-corrected chi connectivity index (χ1v) is 9.92. The van der Waals surface area contributed by atoms with Crippen molar-refractivity contribution < 1.29 is 4.79 Å². The highest BCUT2D eigenvalue weighted by atomic mass is 32.1. The lowest BCUT2D eigenvalue weighted by molar-refractivity contribution is 0.102. The van der Waals surface area contributed by atoms with Crippen molar-refractivity contribution in [3.8, 4) is 0 Å². The molecule has 0 aliphatic carbocycles. The first kappa shape index (κ1) is 19.6. The van der Waals surface area contributed by atoms with Crippen LogP contribution in [0.25, 0.3) is 0 Å². The van der Waals surface area contributed by atoms with E-state index in [1.165, 1.54) is 29.7 Å². The number of benzene rings is 1. The minimum Gasteiger partial charge on any atom is -0.296 e. The van der Waals surface area contributed by atoms with Crippen LogP contribution < -0.4 is 5.32 Å². The minimum atomic E-state index is -0.134. The molecule has 0 spiro atoms. The van der Waals surface area contributed by atoms with Crippen LogP contribution in [0.15, 0.2) is 24.3 Å². The van der Waals surface area contributed by atoms with Gasteiger partial charge in [-0.05, 0) is 36.0 Å². The van der Waals surface area contributed by atoms with Crippen molar-refractivity contribution in [2.45, 2.75) is 71.6 Å². The van der Waals surface area contributed by atoms with Gasteiger partial charge in [0.25, 0.3) is 5.91 Å². The van der Waals surface area contributed by atoms with Crippen molar-refractivity contribution in [3.05, 3.63) is 40.4 Å². The van der Waals surface area contributed by atoms with E-state index in [9.17, 15) is 4.79 Å². The number of carbonyl (C=O) groups excluding carboxylic acids is 1. The van der Waals surface area contributed by atoms with E-state index in [4.69, 9.17) is 0 Å². The van der Waals surface area contributed by atoms with Gasteiger partial charge in [0.05, 0.1) is 0 Å². The molecule has 2 aromatic rings. The van der Waals surface area contributed by atoms with E-state index in [-0.39, 0.29) is 11.3 Å². The van der Waals surface area contributed by atoms with E-state index in [0.717, 1.165) is 17.8 Å². The summed E-state index contributed by atoms with van der Waals surface area (Å²) in [5.74, 6) is 0.305. The topological polar surface area (TPSA) is 54.9 Å². The Morgan fingerprint density at radius 3 is 2.40 bits per heavy atom. The van der Waals surface area contributed by atoms with Crippen LogP contribution in [0.5, 0.6) is 0 Å². The second-order valence-corrected chi connectivity index (χ2v) is 8.48. The van der Waals surface area contributed by atoms with Crippen molar-refractivity contribution in [1.82, 2.24) is 10.2 Å². The van der Waals surface area contributed by atoms with Gasteiger partial charge in [0.1, 0.15) is 5.01 Å². The highest BCUT2D eigenvalue weighted by Gasteiger charge is 2.17. The fourth-order valence-electron chi connectivity index (χ4n) is 2.69. The molecule has 1 aromatic carbocycles. The first-order chi connectivity index (χ1) is 11.8. The lowest BCUT2D eigenvalue weighted by Crippen LogP contribution is -2.14. The normalized spacial score (nSPS) is 12.8. The number of aromatic nitrogens is 2. The standard InChI is InChI=1S/C20H29N3OS/c1-6-8-9-14(7-2)18-22-23-19(25-18)21-17(24)15-10-12-16(13-11-15)20(3,4)5/h10-14H,6-9H2,1-5H3,(H,21,23,24). The second-order valence-electron chi connectivity index (χ2n) is 7.47. The van der Waals surface area contributed by atoms with Gasteiger partial charge >= 0.3 is 0 Å². The molecule has 0 aliphatic rings. The maximum atomic E-state index is 12.4. The Morgan fingerprint density at radius 1 is 1.16 bits per heavy atom. The van der Waals surface area contributed by atoms with Crippen LogP contribution in [0.4, 0.5) is 5.13 Å². The Kier molecular flexibility index (Phi) is 6.71. The largest absolute Gasteiger partial charge is 0.296 e. The smallest absolute Gasteiger partial charge is 0.257 e. The second kappa shape index (κ2) is 8.56. The predicted molar refractivity (Wildman–Crippen MR) is 106 cm³/mol. The number of rotatable bonds is 7. The van der Waals surface area contributed by atoms with E-state index >= 15 is 0 Å². The van der Waals surface area contributed by atoms with Gasteiger partial charge in [-0.3, -0.25) is 10.1 Å². The number of hydrogen-bond donors (Lipinski definition) is 1. The van der Waals surface area contributed by atoms with Gasteiger partial charge in [-0.1, -0.05) is 70.9 Å². The van der Waals surface area contributed by atoms with E-state index < -0.39 is 0 Å². The maximum absolute atomic E-state index is 12.4. The van der Waals surface area contributed by atoms with Gasteiger partial charge in [-0.2, -0.15) is 0 Å². The zero-order valence-electron chi connectivity index (χ0n) is 15.9. The van der Waals surface area contributed by atoms with Gasteiger partial charge < -0.3 is 0 Å². The molecular formula is C20H29N3OS. The maximum Gasteiger partial charge on any atom is 0.257 e. The third kappa shape index (κ3) is 5.36. The molecule has 0 saturated carbocycles. The molecular weight excluding hydrogens is 330 g/mol. The molecule has 0 radical (unpaired) electrons. The van der Waals surface area contributed by atoms with Crippen LogP contribution in [-0.2, 0) is 5.41 Å². The molecule has 25 heavy (non-hydrogen) atoms. The molecule has 1 unspecified atom stereocenters. The fourth-order valence-corrected chi connectivity index (χ4v) is 3.65. The van der Waals surface area contributed by atoms with E-state index in [2.05, 4.69) is 50.1 Å². The third-order valence-corrected chi connectivity index (χ3v) is 5.42. The summed E-state index contributed by atoms with van der Waals surface area (Å²) in [6.07, 6.45) is 4.56. The van der Waals surface area contributed by atoms with E-state index in [1.807, 2.05) is 24.3 Å². The lowest BCUT2D eigenvalue weighted by Gasteiger charge is -2.18. The van der Waals surface area contributed by atoms with Crippen LogP contribution in [0.1, 0.15) is 87.1 Å². The Bertz CT molecular complexity index is 686. The van der Waals surface area contributed by atoms with Crippen LogP contribution in [0.3, 0.4) is 0 Å². The van der Waals surface area contributed by atoms with Crippen LogP contribution in [0, 0.1) is 0 Å². The van der Waals surface area contributed by atoms with Crippen molar-refractivity contribution in [3.63, 3.8) is 0 Å². The summed E-state index contributed by atoms with van der Waals surface area (Å²) in [4.78, 5) is 12.4. The van der Waals surface area contributed by atoms with E-state index in [1.54, 1.807) is 0 Å². The van der Waals surface area contributed by atoms with Crippen molar-refractivity contribution >= 4 is 22.4 Å². The number of anilines is 1. The fraction of sp³-hybridized carbons (Fsp3) is 0.550. The Morgan fingerprint density at radius 2 is 1.84 bits per heavy atom. The molecule has 1 aromatic heterocycles. The summed E-state index contributed by atoms with van der Waals surface area (Å²) in [5, 5.41) is 12.9. The molecule has 136 valence electrons. The third-order valence-electron chi connectivity index (χ3n) is 4.42.